The molecule has 0 aliphatic carbocycles. The second-order valence-electron chi connectivity index (χ2n) is 5.77. The molecule has 0 aromatic heterocycles. The van der Waals surface area contributed by atoms with Gasteiger partial charge in [0.15, 0.2) is 6.61 Å². The second kappa shape index (κ2) is 7.45. The van der Waals surface area contributed by atoms with E-state index in [1.165, 1.54) is 6.07 Å². The Bertz CT molecular complexity index is 719. The third kappa shape index (κ3) is 3.74. The van der Waals surface area contributed by atoms with E-state index in [0.717, 1.165) is 5.56 Å². The molecule has 24 heavy (non-hydrogen) atoms. The van der Waals surface area contributed by atoms with Crippen molar-refractivity contribution >= 4 is 5.91 Å². The Hall–Kier alpha value is -2.40. The molecular formula is C19H20FNO3. The molecule has 3 rings (SSSR count). The summed E-state index contributed by atoms with van der Waals surface area (Å²) in [7, 11) is 0. The third-order valence-corrected chi connectivity index (χ3v) is 4.12. The quantitative estimate of drug-likeness (QED) is 0.865. The Labute approximate surface area is 140 Å². The van der Waals surface area contributed by atoms with E-state index in [9.17, 15) is 9.18 Å². The van der Waals surface area contributed by atoms with Gasteiger partial charge < -0.3 is 14.4 Å². The zero-order valence-corrected chi connectivity index (χ0v) is 13.6. The highest BCUT2D eigenvalue weighted by Crippen LogP contribution is 2.24. The van der Waals surface area contributed by atoms with E-state index < -0.39 is 6.10 Å². The first-order valence-electron chi connectivity index (χ1n) is 7.97. The summed E-state index contributed by atoms with van der Waals surface area (Å²) < 4.78 is 25.2. The molecule has 0 saturated carbocycles. The van der Waals surface area contributed by atoms with Gasteiger partial charge in [0.05, 0.1) is 13.2 Å². The monoisotopic (exact) mass is 329 g/mol. The molecule has 0 bridgehead atoms. The van der Waals surface area contributed by atoms with Crippen molar-refractivity contribution in [2.24, 2.45) is 0 Å². The van der Waals surface area contributed by atoms with Gasteiger partial charge in [-0.05, 0) is 24.6 Å². The summed E-state index contributed by atoms with van der Waals surface area (Å²) in [5.41, 5.74) is 1.46. The minimum atomic E-state index is -0.442. The average molecular weight is 329 g/mol. The molecule has 5 heteroatoms. The molecule has 1 aliphatic rings. The van der Waals surface area contributed by atoms with Crippen LogP contribution >= 0.6 is 0 Å². The number of para-hydroxylation sites is 1. The van der Waals surface area contributed by atoms with Gasteiger partial charge in [-0.25, -0.2) is 4.39 Å². The van der Waals surface area contributed by atoms with E-state index in [2.05, 4.69) is 0 Å². The number of hydrogen-bond acceptors (Lipinski definition) is 3. The fourth-order valence-corrected chi connectivity index (χ4v) is 2.75. The Balaban J connectivity index is 1.61. The molecule has 1 heterocycles. The highest BCUT2D eigenvalue weighted by molar-refractivity contribution is 5.78. The van der Waals surface area contributed by atoms with Crippen molar-refractivity contribution in [2.45, 2.75) is 13.0 Å². The second-order valence-corrected chi connectivity index (χ2v) is 5.77. The summed E-state index contributed by atoms with van der Waals surface area (Å²) in [4.78, 5) is 14.1. The van der Waals surface area contributed by atoms with Crippen LogP contribution in [0, 0.1) is 12.7 Å². The summed E-state index contributed by atoms with van der Waals surface area (Å²) in [6, 6.07) is 14.1. The predicted molar refractivity (Wildman–Crippen MR) is 88.3 cm³/mol. The Morgan fingerprint density at radius 1 is 1.25 bits per heavy atom. The van der Waals surface area contributed by atoms with Crippen LogP contribution in [0.4, 0.5) is 4.39 Å². The standard InChI is InChI=1S/C19H20FNO3/c1-14-6-2-5-9-17(14)24-13-19(22)21-10-11-23-18(12-21)15-7-3-4-8-16(15)20/h2-9,18H,10-13H2,1H3. The molecule has 0 radical (unpaired) electrons. The zero-order chi connectivity index (χ0) is 16.9. The van der Waals surface area contributed by atoms with E-state index in [-0.39, 0.29) is 18.3 Å². The minimum Gasteiger partial charge on any atom is -0.484 e. The van der Waals surface area contributed by atoms with Gasteiger partial charge in [-0.2, -0.15) is 0 Å². The van der Waals surface area contributed by atoms with E-state index in [1.807, 2.05) is 31.2 Å². The first-order valence-corrected chi connectivity index (χ1v) is 7.97. The van der Waals surface area contributed by atoms with Gasteiger partial charge in [-0.3, -0.25) is 4.79 Å². The minimum absolute atomic E-state index is 0.0329. The number of nitrogens with zero attached hydrogens (tertiary/aromatic N) is 1. The highest BCUT2D eigenvalue weighted by Gasteiger charge is 2.27. The number of hydrogen-bond donors (Lipinski definition) is 0. The van der Waals surface area contributed by atoms with Crippen molar-refractivity contribution in [3.8, 4) is 5.75 Å². The lowest BCUT2D eigenvalue weighted by Crippen LogP contribution is -2.44. The fourth-order valence-electron chi connectivity index (χ4n) is 2.75. The fraction of sp³-hybridized carbons (Fsp3) is 0.316. The molecule has 1 unspecified atom stereocenters. The summed E-state index contributed by atoms with van der Waals surface area (Å²) in [5.74, 6) is 0.264. The Kier molecular flexibility index (Phi) is 5.11. The highest BCUT2D eigenvalue weighted by atomic mass is 19.1. The number of rotatable bonds is 4. The smallest absolute Gasteiger partial charge is 0.260 e. The molecule has 1 aliphatic heterocycles. The molecule has 2 aromatic carbocycles. The first kappa shape index (κ1) is 16.5. The van der Waals surface area contributed by atoms with Gasteiger partial charge in [0.25, 0.3) is 5.91 Å². The maximum absolute atomic E-state index is 13.9. The molecule has 1 atom stereocenters. The summed E-state index contributed by atoms with van der Waals surface area (Å²) in [6.07, 6.45) is -0.442. The summed E-state index contributed by atoms with van der Waals surface area (Å²) in [6.45, 7) is 3.10. The molecule has 1 saturated heterocycles. The molecular weight excluding hydrogens is 309 g/mol. The lowest BCUT2D eigenvalue weighted by atomic mass is 10.1. The topological polar surface area (TPSA) is 38.8 Å². The number of benzene rings is 2. The van der Waals surface area contributed by atoms with Gasteiger partial charge in [0.2, 0.25) is 0 Å². The number of carbonyl (C=O) groups excluding carboxylic acids is 1. The largest absolute Gasteiger partial charge is 0.484 e. The molecule has 0 N–H and O–H groups in total. The predicted octanol–water partition coefficient (Wildman–Crippen LogP) is 3.11. The summed E-state index contributed by atoms with van der Waals surface area (Å²) in [5, 5.41) is 0. The molecule has 4 nitrogen and oxygen atoms in total. The van der Waals surface area contributed by atoms with E-state index in [1.54, 1.807) is 23.1 Å². The van der Waals surface area contributed by atoms with Gasteiger partial charge in [-0.15, -0.1) is 0 Å². The third-order valence-electron chi connectivity index (χ3n) is 4.12. The van der Waals surface area contributed by atoms with Crippen molar-refractivity contribution in [1.82, 2.24) is 4.90 Å². The normalized spacial score (nSPS) is 17.6. The molecule has 126 valence electrons. The number of halogens is 1. The Morgan fingerprint density at radius 2 is 2.00 bits per heavy atom. The van der Waals surface area contributed by atoms with Crippen LogP contribution in [0.2, 0.25) is 0 Å². The number of ether oxygens (including phenoxy) is 2. The Morgan fingerprint density at radius 3 is 2.79 bits per heavy atom. The van der Waals surface area contributed by atoms with Gasteiger partial charge in [0.1, 0.15) is 17.7 Å². The van der Waals surface area contributed by atoms with Gasteiger partial charge in [-0.1, -0.05) is 36.4 Å². The zero-order valence-electron chi connectivity index (χ0n) is 13.6. The maximum atomic E-state index is 13.9. The van der Waals surface area contributed by atoms with Crippen molar-refractivity contribution in [2.75, 3.05) is 26.3 Å². The van der Waals surface area contributed by atoms with Crippen molar-refractivity contribution < 1.29 is 18.7 Å². The van der Waals surface area contributed by atoms with Crippen molar-refractivity contribution in [1.29, 1.82) is 0 Å². The number of amides is 1. The molecule has 0 spiro atoms. The molecule has 1 fully saturated rings. The summed E-state index contributed by atoms with van der Waals surface area (Å²) >= 11 is 0. The number of carbonyl (C=O) groups is 1. The van der Waals surface area contributed by atoms with Crippen LogP contribution in [0.25, 0.3) is 0 Å². The van der Waals surface area contributed by atoms with E-state index >= 15 is 0 Å². The van der Waals surface area contributed by atoms with Gasteiger partial charge >= 0.3 is 0 Å². The maximum Gasteiger partial charge on any atom is 0.260 e. The van der Waals surface area contributed by atoms with Crippen LogP contribution in [0.5, 0.6) is 5.75 Å². The lowest BCUT2D eigenvalue weighted by Gasteiger charge is -2.33. The van der Waals surface area contributed by atoms with Gasteiger partial charge in [0, 0.05) is 12.1 Å². The lowest BCUT2D eigenvalue weighted by molar-refractivity contribution is -0.141. The van der Waals surface area contributed by atoms with E-state index in [0.29, 0.717) is 31.0 Å². The van der Waals surface area contributed by atoms with Crippen LogP contribution in [0.1, 0.15) is 17.2 Å². The van der Waals surface area contributed by atoms with Crippen molar-refractivity contribution in [3.05, 3.63) is 65.5 Å². The average Bonchev–Trinajstić information content (AvgIpc) is 2.61. The van der Waals surface area contributed by atoms with Crippen LogP contribution in [-0.2, 0) is 9.53 Å². The van der Waals surface area contributed by atoms with Crippen LogP contribution in [0.15, 0.2) is 48.5 Å². The number of aryl methyl sites for hydroxylation is 1. The van der Waals surface area contributed by atoms with Crippen LogP contribution < -0.4 is 4.74 Å². The molecule has 1 amide bonds. The van der Waals surface area contributed by atoms with Crippen LogP contribution in [-0.4, -0.2) is 37.1 Å². The van der Waals surface area contributed by atoms with Crippen molar-refractivity contribution in [3.63, 3.8) is 0 Å². The van der Waals surface area contributed by atoms with E-state index in [4.69, 9.17) is 9.47 Å². The molecule has 2 aromatic rings. The SMILES string of the molecule is Cc1ccccc1OCC(=O)N1CCOC(c2ccccc2F)C1. The van der Waals surface area contributed by atoms with Crippen LogP contribution in [0.3, 0.4) is 0 Å². The first-order chi connectivity index (χ1) is 11.6. The number of morpholine rings is 1.